The summed E-state index contributed by atoms with van der Waals surface area (Å²) >= 11 is 1.14. The Kier molecular flexibility index (Phi) is 6.66. The van der Waals surface area contributed by atoms with Crippen LogP contribution in [-0.2, 0) is 0 Å². The van der Waals surface area contributed by atoms with Gasteiger partial charge in [0.05, 0.1) is 12.8 Å². The molecule has 152 valence electrons. The molecule has 3 aromatic rings. The Morgan fingerprint density at radius 2 is 1.97 bits per heavy atom. The number of nitrogens with one attached hydrogen (secondary N) is 3. The highest BCUT2D eigenvalue weighted by Gasteiger charge is 2.17. The van der Waals surface area contributed by atoms with Crippen molar-refractivity contribution in [1.82, 2.24) is 10.3 Å². The van der Waals surface area contributed by atoms with E-state index in [0.29, 0.717) is 33.7 Å². The molecule has 3 amide bonds. The summed E-state index contributed by atoms with van der Waals surface area (Å²) in [6, 6.07) is 11.2. The lowest BCUT2D eigenvalue weighted by Crippen LogP contribution is -2.29. The molecule has 0 saturated heterocycles. The lowest BCUT2D eigenvalue weighted by molar-refractivity contribution is 0.103. The summed E-state index contributed by atoms with van der Waals surface area (Å²) in [6.07, 6.45) is 1.91. The van der Waals surface area contributed by atoms with Gasteiger partial charge in [0.1, 0.15) is 10.6 Å². The van der Waals surface area contributed by atoms with E-state index in [1.807, 2.05) is 30.3 Å². The summed E-state index contributed by atoms with van der Waals surface area (Å²) in [5.74, 6) is 0.405. The van der Waals surface area contributed by atoms with Crippen LogP contribution in [0.25, 0.3) is 10.8 Å². The Morgan fingerprint density at radius 3 is 2.72 bits per heavy atom. The van der Waals surface area contributed by atoms with Gasteiger partial charge in [-0.25, -0.2) is 9.78 Å². The van der Waals surface area contributed by atoms with Gasteiger partial charge in [-0.3, -0.25) is 10.1 Å². The molecule has 0 aliphatic carbocycles. The third-order valence-electron chi connectivity index (χ3n) is 4.34. The summed E-state index contributed by atoms with van der Waals surface area (Å²) in [4.78, 5) is 29.4. The molecule has 3 rings (SSSR count). The summed E-state index contributed by atoms with van der Waals surface area (Å²) < 4.78 is 5.45. The Labute approximate surface area is 173 Å². The number of methoxy groups -OCH3 is 1. The van der Waals surface area contributed by atoms with Crippen molar-refractivity contribution in [3.05, 3.63) is 47.0 Å². The fourth-order valence-electron chi connectivity index (χ4n) is 2.88. The van der Waals surface area contributed by atoms with E-state index in [1.54, 1.807) is 20.1 Å². The predicted octanol–water partition coefficient (Wildman–Crippen LogP) is 4.79. The third-order valence-corrected chi connectivity index (χ3v) is 5.41. The summed E-state index contributed by atoms with van der Waals surface area (Å²) in [5, 5.41) is 10.7. The number of aromatic nitrogens is 1. The van der Waals surface area contributed by atoms with Crippen LogP contribution in [-0.4, -0.2) is 30.6 Å². The van der Waals surface area contributed by atoms with Crippen molar-refractivity contribution in [3.8, 4) is 5.75 Å². The van der Waals surface area contributed by atoms with Crippen molar-refractivity contribution in [1.29, 1.82) is 0 Å². The van der Waals surface area contributed by atoms with Crippen molar-refractivity contribution in [3.63, 3.8) is 0 Å². The molecule has 0 aliphatic heterocycles. The second-order valence-electron chi connectivity index (χ2n) is 6.52. The van der Waals surface area contributed by atoms with E-state index in [9.17, 15) is 9.59 Å². The largest absolute Gasteiger partial charge is 0.496 e. The molecule has 0 unspecified atom stereocenters. The first-order chi connectivity index (χ1) is 14.0. The number of urea groups is 1. The van der Waals surface area contributed by atoms with Crippen molar-refractivity contribution in [2.24, 2.45) is 0 Å². The molecule has 2 aromatic carbocycles. The zero-order chi connectivity index (χ0) is 20.8. The molecule has 1 heterocycles. The van der Waals surface area contributed by atoms with Gasteiger partial charge >= 0.3 is 6.03 Å². The van der Waals surface area contributed by atoms with E-state index in [1.165, 1.54) is 0 Å². The van der Waals surface area contributed by atoms with Crippen LogP contribution in [0, 0.1) is 6.92 Å². The van der Waals surface area contributed by atoms with Crippen LogP contribution >= 0.6 is 11.3 Å². The van der Waals surface area contributed by atoms with Crippen LogP contribution in [0.2, 0.25) is 0 Å². The molecule has 0 saturated carbocycles. The van der Waals surface area contributed by atoms with Crippen molar-refractivity contribution in [2.75, 3.05) is 24.3 Å². The number of nitrogens with zero attached hydrogens (tertiary/aromatic N) is 1. The Hall–Kier alpha value is -3.13. The van der Waals surface area contributed by atoms with Gasteiger partial charge in [0.15, 0.2) is 5.13 Å². The molecule has 0 spiro atoms. The first-order valence-corrected chi connectivity index (χ1v) is 10.2. The average molecular weight is 413 g/mol. The van der Waals surface area contributed by atoms with E-state index in [-0.39, 0.29) is 11.9 Å². The highest BCUT2D eigenvalue weighted by Crippen LogP contribution is 2.31. The number of carbonyl (C=O) groups is 2. The minimum absolute atomic E-state index is 0.281. The number of anilines is 2. The Balaban J connectivity index is 1.73. The van der Waals surface area contributed by atoms with Gasteiger partial charge in [0.25, 0.3) is 5.91 Å². The summed E-state index contributed by atoms with van der Waals surface area (Å²) in [7, 11) is 1.60. The molecular formula is C21H24N4O3S. The van der Waals surface area contributed by atoms with Gasteiger partial charge in [-0.2, -0.15) is 0 Å². The molecule has 8 heteroatoms. The maximum absolute atomic E-state index is 12.8. The molecular weight excluding hydrogens is 388 g/mol. The van der Waals surface area contributed by atoms with E-state index >= 15 is 0 Å². The van der Waals surface area contributed by atoms with Crippen molar-refractivity contribution >= 4 is 44.9 Å². The molecule has 3 N–H and O–H groups in total. The number of fused-ring (bicyclic) bond motifs is 1. The van der Waals surface area contributed by atoms with Gasteiger partial charge in [-0.1, -0.05) is 48.9 Å². The number of ether oxygens (including phenoxy) is 1. The van der Waals surface area contributed by atoms with Crippen LogP contribution in [0.5, 0.6) is 5.75 Å². The second-order valence-corrected chi connectivity index (χ2v) is 7.52. The van der Waals surface area contributed by atoms with Gasteiger partial charge in [-0.15, -0.1) is 0 Å². The first kappa shape index (κ1) is 20.6. The highest BCUT2D eigenvalue weighted by atomic mass is 32.1. The van der Waals surface area contributed by atoms with Crippen LogP contribution in [0.4, 0.5) is 15.6 Å². The normalized spacial score (nSPS) is 10.6. The summed E-state index contributed by atoms with van der Waals surface area (Å²) in [6.45, 7) is 4.40. The number of amides is 3. The quantitative estimate of drug-likeness (QED) is 0.487. The number of benzene rings is 2. The van der Waals surface area contributed by atoms with Gasteiger partial charge < -0.3 is 15.4 Å². The number of hydrogen-bond acceptors (Lipinski definition) is 5. The minimum Gasteiger partial charge on any atom is -0.496 e. The van der Waals surface area contributed by atoms with Crippen LogP contribution < -0.4 is 20.7 Å². The zero-order valence-electron chi connectivity index (χ0n) is 16.7. The monoisotopic (exact) mass is 412 g/mol. The zero-order valence-corrected chi connectivity index (χ0v) is 17.5. The minimum atomic E-state index is -0.321. The molecule has 0 bridgehead atoms. The van der Waals surface area contributed by atoms with E-state index < -0.39 is 0 Å². The molecule has 0 aliphatic rings. The molecule has 1 aromatic heterocycles. The smallest absolute Gasteiger partial charge is 0.321 e. The predicted molar refractivity (Wildman–Crippen MR) is 117 cm³/mol. The first-order valence-electron chi connectivity index (χ1n) is 9.42. The lowest BCUT2D eigenvalue weighted by atomic mass is 10.1. The van der Waals surface area contributed by atoms with Gasteiger partial charge in [-0.05, 0) is 24.8 Å². The molecule has 0 radical (unpaired) electrons. The lowest BCUT2D eigenvalue weighted by Gasteiger charge is -2.10. The number of unbranched alkanes of at least 4 members (excludes halogenated alkanes) is 1. The fraction of sp³-hybridized carbons (Fsp3) is 0.286. The number of thiazole rings is 1. The number of rotatable bonds is 7. The van der Waals surface area contributed by atoms with E-state index in [4.69, 9.17) is 4.74 Å². The second kappa shape index (κ2) is 9.38. The van der Waals surface area contributed by atoms with Crippen LogP contribution in [0.15, 0.2) is 36.4 Å². The number of carbonyl (C=O) groups excluding carboxylic acids is 2. The topological polar surface area (TPSA) is 92.4 Å². The Morgan fingerprint density at radius 1 is 1.17 bits per heavy atom. The molecule has 0 fully saturated rings. The maximum atomic E-state index is 12.8. The van der Waals surface area contributed by atoms with E-state index in [2.05, 4.69) is 27.9 Å². The standard InChI is InChI=1S/C21H24N4O3S/c1-4-5-10-22-20(27)25-21-23-13(2)18(29-21)19(26)24-15-11-14-8-6-7-9-16(14)17(12-15)28-3/h6-9,11-12H,4-5,10H2,1-3H3,(H,24,26)(H2,22,23,25,27). The van der Waals surface area contributed by atoms with Crippen molar-refractivity contribution < 1.29 is 14.3 Å². The molecule has 29 heavy (non-hydrogen) atoms. The average Bonchev–Trinajstić information content (AvgIpc) is 3.07. The SMILES string of the molecule is CCCCNC(=O)Nc1nc(C)c(C(=O)Nc2cc(OC)c3ccccc3c2)s1. The number of hydrogen-bond donors (Lipinski definition) is 3. The molecule has 7 nitrogen and oxygen atoms in total. The third kappa shape index (κ3) is 5.03. The van der Waals surface area contributed by atoms with Gasteiger partial charge in [0.2, 0.25) is 0 Å². The summed E-state index contributed by atoms with van der Waals surface area (Å²) in [5.41, 5.74) is 1.19. The Bertz CT molecular complexity index is 1030. The molecule has 0 atom stereocenters. The van der Waals surface area contributed by atoms with Crippen LogP contribution in [0.1, 0.15) is 35.1 Å². The van der Waals surface area contributed by atoms with Crippen molar-refractivity contribution in [2.45, 2.75) is 26.7 Å². The maximum Gasteiger partial charge on any atom is 0.321 e. The fourth-order valence-corrected chi connectivity index (χ4v) is 3.74. The van der Waals surface area contributed by atoms with E-state index in [0.717, 1.165) is 35.0 Å². The number of aryl methyl sites for hydroxylation is 1. The van der Waals surface area contributed by atoms with Crippen LogP contribution in [0.3, 0.4) is 0 Å². The van der Waals surface area contributed by atoms with Gasteiger partial charge in [0, 0.05) is 23.7 Å². The highest BCUT2D eigenvalue weighted by molar-refractivity contribution is 7.17.